The van der Waals surface area contributed by atoms with Crippen LogP contribution in [0.25, 0.3) is 0 Å². The molecular formula is C32H39BrN6O10. The number of nitrogens with zero attached hydrogens (tertiary/aromatic N) is 1. The Morgan fingerprint density at radius 3 is 2.47 bits per heavy atom. The van der Waals surface area contributed by atoms with Gasteiger partial charge in [-0.05, 0) is 79.9 Å². The Hall–Kier alpha value is -5.19. The van der Waals surface area contributed by atoms with Gasteiger partial charge in [0, 0.05) is 19.5 Å². The average molecular weight is 748 g/mol. The van der Waals surface area contributed by atoms with Crippen LogP contribution in [0.5, 0.6) is 17.2 Å². The highest BCUT2D eigenvalue weighted by Gasteiger charge is 2.32. The van der Waals surface area contributed by atoms with E-state index in [-0.39, 0.29) is 41.4 Å². The van der Waals surface area contributed by atoms with E-state index in [9.17, 15) is 34.1 Å². The quantitative estimate of drug-likeness (QED) is 0.151. The molecule has 2 aromatic rings. The molecule has 0 saturated carbocycles. The summed E-state index contributed by atoms with van der Waals surface area (Å²) >= 11 is 3.40. The Morgan fingerprint density at radius 1 is 1.16 bits per heavy atom. The van der Waals surface area contributed by atoms with Crippen LogP contribution in [-0.2, 0) is 30.3 Å². The maximum Gasteiger partial charge on any atom is 0.408 e. The zero-order valence-corrected chi connectivity index (χ0v) is 29.4. The molecule has 0 radical (unpaired) electrons. The number of alkyl carbamates (subject to hydrolysis) is 1. The van der Waals surface area contributed by atoms with Crippen LogP contribution in [0.1, 0.15) is 51.8 Å². The number of benzene rings is 2. The van der Waals surface area contributed by atoms with Crippen LogP contribution in [0.2, 0.25) is 0 Å². The minimum Gasteiger partial charge on any atom is -0.484 e. The number of halogens is 1. The molecule has 0 spiro atoms. The van der Waals surface area contributed by atoms with E-state index >= 15 is 0 Å². The molecule has 2 aliphatic rings. The lowest BCUT2D eigenvalue weighted by molar-refractivity contribution is -0.385. The number of fused-ring (bicyclic) bond motifs is 9. The Labute approximate surface area is 291 Å². The zero-order chi connectivity index (χ0) is 36.6. The number of carbonyl (C=O) groups excluding carboxylic acids is 5. The van der Waals surface area contributed by atoms with Gasteiger partial charge in [0.1, 0.15) is 36.4 Å². The third kappa shape index (κ3) is 10.4. The Bertz CT molecular complexity index is 1640. The first-order valence-corrected chi connectivity index (χ1v) is 15.9. The number of hydrogen-bond acceptors (Lipinski definition) is 10. The number of carbonyl (C=O) groups is 5. The second-order valence-electron chi connectivity index (χ2n) is 12.0. The molecule has 4 bridgehead atoms. The van der Waals surface area contributed by atoms with Gasteiger partial charge in [0.2, 0.25) is 29.4 Å². The van der Waals surface area contributed by atoms with E-state index in [2.05, 4.69) is 49.1 Å². The zero-order valence-electron chi connectivity index (χ0n) is 27.8. The molecule has 2 heterocycles. The van der Waals surface area contributed by atoms with Crippen molar-refractivity contribution in [1.29, 1.82) is 0 Å². The van der Waals surface area contributed by atoms with Crippen molar-refractivity contribution in [3.8, 4) is 17.2 Å². The van der Waals surface area contributed by atoms with Crippen molar-refractivity contribution < 1.29 is 43.1 Å². The van der Waals surface area contributed by atoms with Gasteiger partial charge < -0.3 is 40.8 Å². The van der Waals surface area contributed by atoms with Gasteiger partial charge in [0.25, 0.3) is 0 Å². The van der Waals surface area contributed by atoms with Crippen LogP contribution in [0.3, 0.4) is 0 Å². The number of nitro groups is 1. The van der Waals surface area contributed by atoms with Crippen molar-refractivity contribution >= 4 is 51.3 Å². The average Bonchev–Trinajstić information content (AvgIpc) is 3.01. The molecule has 5 N–H and O–H groups in total. The van der Waals surface area contributed by atoms with E-state index in [1.807, 2.05) is 0 Å². The third-order valence-electron chi connectivity index (χ3n) is 6.90. The summed E-state index contributed by atoms with van der Waals surface area (Å²) in [4.78, 5) is 76.9. The van der Waals surface area contributed by atoms with Crippen molar-refractivity contribution in [3.05, 3.63) is 68.7 Å². The molecule has 0 aliphatic carbocycles. The van der Waals surface area contributed by atoms with Gasteiger partial charge in [0.05, 0.1) is 9.40 Å². The van der Waals surface area contributed by atoms with Crippen molar-refractivity contribution in [1.82, 2.24) is 26.6 Å². The second-order valence-corrected chi connectivity index (χ2v) is 12.9. The largest absolute Gasteiger partial charge is 0.484 e. The molecule has 5 amide bonds. The van der Waals surface area contributed by atoms with E-state index in [0.29, 0.717) is 4.47 Å². The molecule has 4 atom stereocenters. The fourth-order valence-electron chi connectivity index (χ4n) is 4.53. The number of hydrogen-bond donors (Lipinski definition) is 5. The van der Waals surface area contributed by atoms with Crippen LogP contribution >= 0.6 is 15.9 Å². The lowest BCUT2D eigenvalue weighted by Gasteiger charge is -2.26. The van der Waals surface area contributed by atoms with Crippen LogP contribution in [-0.4, -0.2) is 72.0 Å². The third-order valence-corrected chi connectivity index (χ3v) is 7.49. The molecule has 2 aromatic carbocycles. The fraction of sp³-hybridized carbons (Fsp3) is 0.406. The SMILES string of the molecule is C=CCOc1c(Br)cc2cc1Oc1ccc(cc1[N+](=O)[O-])C[C@@H](NC(=O)[C@H](C)NC(=O)OC(C)(C)C)C(=O)N[C@@H](C)C(=O)N[C@H]2C(=O)NC. The minimum atomic E-state index is -1.37. The highest BCUT2D eigenvalue weighted by Crippen LogP contribution is 2.43. The Kier molecular flexibility index (Phi) is 12.7. The molecule has 2 aliphatic heterocycles. The van der Waals surface area contributed by atoms with Gasteiger partial charge in [-0.15, -0.1) is 0 Å². The van der Waals surface area contributed by atoms with Crippen molar-refractivity contribution in [3.63, 3.8) is 0 Å². The van der Waals surface area contributed by atoms with Gasteiger partial charge in [-0.3, -0.25) is 29.3 Å². The number of nitrogens with one attached hydrogen (secondary N) is 5. The molecular weight excluding hydrogens is 708 g/mol. The predicted molar refractivity (Wildman–Crippen MR) is 180 cm³/mol. The van der Waals surface area contributed by atoms with E-state index in [0.717, 1.165) is 0 Å². The molecule has 4 rings (SSSR count). The van der Waals surface area contributed by atoms with Crippen molar-refractivity contribution in [2.75, 3.05) is 13.7 Å². The molecule has 49 heavy (non-hydrogen) atoms. The number of amides is 5. The number of nitro benzene ring substituents is 1. The Balaban J connectivity index is 2.12. The molecule has 0 fully saturated rings. The predicted octanol–water partition coefficient (Wildman–Crippen LogP) is 3.08. The van der Waals surface area contributed by atoms with Gasteiger partial charge in [-0.25, -0.2) is 4.79 Å². The van der Waals surface area contributed by atoms with Crippen LogP contribution < -0.4 is 36.1 Å². The number of rotatable bonds is 8. The van der Waals surface area contributed by atoms with Gasteiger partial charge in [0.15, 0.2) is 11.5 Å². The summed E-state index contributed by atoms with van der Waals surface area (Å²) in [5, 5.41) is 24.8. The van der Waals surface area contributed by atoms with E-state index in [1.54, 1.807) is 20.8 Å². The van der Waals surface area contributed by atoms with E-state index in [1.165, 1.54) is 57.3 Å². The van der Waals surface area contributed by atoms with Crippen molar-refractivity contribution in [2.24, 2.45) is 0 Å². The maximum absolute atomic E-state index is 13.6. The molecule has 16 nitrogen and oxygen atoms in total. The second kappa shape index (κ2) is 16.3. The fourth-order valence-corrected chi connectivity index (χ4v) is 5.11. The highest BCUT2D eigenvalue weighted by atomic mass is 79.9. The summed E-state index contributed by atoms with van der Waals surface area (Å²) in [6.45, 7) is 11.4. The first kappa shape index (κ1) is 38.3. The summed E-state index contributed by atoms with van der Waals surface area (Å²) in [7, 11) is 1.36. The molecule has 264 valence electrons. The van der Waals surface area contributed by atoms with E-state index in [4.69, 9.17) is 14.2 Å². The number of ether oxygens (including phenoxy) is 3. The monoisotopic (exact) mass is 746 g/mol. The molecule has 17 heteroatoms. The lowest BCUT2D eigenvalue weighted by atomic mass is 10.0. The van der Waals surface area contributed by atoms with Gasteiger partial charge in [-0.1, -0.05) is 18.7 Å². The first-order chi connectivity index (χ1) is 22.9. The maximum atomic E-state index is 13.6. The first-order valence-electron chi connectivity index (χ1n) is 15.1. The standard InChI is InChI=1S/C32H39BrN6O10/c1-8-11-47-26-20(33)14-19-15-24(26)48-23-10-9-18(13-22(23)39(45)46)12-21(37-27(40)17(3)36-31(44)49-32(4,5)6)29(42)35-16(2)28(41)38-25(19)30(43)34-7/h8-10,13-17,21,25H,1,11-12H2,2-7H3,(H,34,43)(H,35,42)(H,36,44)(H,37,40)(H,38,41)/t16-,17-,21+,25+/m0/s1. The Morgan fingerprint density at radius 2 is 1.86 bits per heavy atom. The van der Waals surface area contributed by atoms with Crippen molar-refractivity contribution in [2.45, 2.75) is 70.8 Å². The summed E-state index contributed by atoms with van der Waals surface area (Å²) < 4.78 is 17.3. The lowest BCUT2D eigenvalue weighted by Crippen LogP contribution is -2.57. The number of likely N-dealkylation sites (N-methyl/N-ethyl adjacent to an activating group) is 1. The van der Waals surface area contributed by atoms with Gasteiger partial charge >= 0.3 is 11.8 Å². The smallest absolute Gasteiger partial charge is 0.408 e. The van der Waals surface area contributed by atoms with E-state index < -0.39 is 70.1 Å². The topological polar surface area (TPSA) is 216 Å². The van der Waals surface area contributed by atoms with Crippen LogP contribution in [0.15, 0.2) is 47.5 Å². The summed E-state index contributed by atoms with van der Waals surface area (Å²) in [6, 6.07) is 1.80. The molecule has 0 aromatic heterocycles. The summed E-state index contributed by atoms with van der Waals surface area (Å²) in [6.07, 6.45) is 0.351. The van der Waals surface area contributed by atoms with Crippen LogP contribution in [0.4, 0.5) is 10.5 Å². The highest BCUT2D eigenvalue weighted by molar-refractivity contribution is 9.10. The molecule has 0 saturated heterocycles. The molecule has 0 unspecified atom stereocenters. The minimum absolute atomic E-state index is 0.0183. The normalized spacial score (nSPS) is 18.5. The van der Waals surface area contributed by atoms with Gasteiger partial charge in [-0.2, -0.15) is 0 Å². The summed E-state index contributed by atoms with van der Waals surface area (Å²) in [5.74, 6) is -3.05. The summed E-state index contributed by atoms with van der Waals surface area (Å²) in [5.41, 5.74) is -0.841. The van der Waals surface area contributed by atoms with Crippen LogP contribution in [0, 0.1) is 10.1 Å².